The molecule has 2 aromatic heterocycles. The molecule has 0 spiro atoms. The van der Waals surface area contributed by atoms with Crippen LogP contribution in [0, 0.1) is 11.8 Å². The van der Waals surface area contributed by atoms with Crippen LogP contribution in [-0.4, -0.2) is 58.1 Å². The fourth-order valence-electron chi connectivity index (χ4n) is 5.49. The summed E-state index contributed by atoms with van der Waals surface area (Å²) in [5.41, 5.74) is 2.11. The van der Waals surface area contributed by atoms with Crippen molar-refractivity contribution < 1.29 is 24.2 Å². The summed E-state index contributed by atoms with van der Waals surface area (Å²) < 4.78 is 12.3. The summed E-state index contributed by atoms with van der Waals surface area (Å²) >= 11 is 6.66. The number of methoxy groups -OCH3 is 1. The van der Waals surface area contributed by atoms with E-state index >= 15 is 0 Å². The van der Waals surface area contributed by atoms with E-state index in [4.69, 9.17) is 21.1 Å². The van der Waals surface area contributed by atoms with E-state index < -0.39 is 5.97 Å². The second-order valence-corrected chi connectivity index (χ2v) is 10.8. The molecule has 2 fully saturated rings. The predicted octanol–water partition coefficient (Wildman–Crippen LogP) is 5.63. The summed E-state index contributed by atoms with van der Waals surface area (Å²) in [6, 6.07) is 7.04. The second kappa shape index (κ2) is 11.8. The van der Waals surface area contributed by atoms with Gasteiger partial charge in [-0.05, 0) is 62.6 Å². The Morgan fingerprint density at radius 2 is 1.85 bits per heavy atom. The smallest absolute Gasteiger partial charge is 0.341 e. The van der Waals surface area contributed by atoms with Gasteiger partial charge in [-0.2, -0.15) is 0 Å². The van der Waals surface area contributed by atoms with Gasteiger partial charge in [0.15, 0.2) is 5.82 Å². The van der Waals surface area contributed by atoms with Crippen molar-refractivity contribution in [2.24, 2.45) is 11.8 Å². The van der Waals surface area contributed by atoms with Crippen molar-refractivity contribution in [3.63, 3.8) is 0 Å². The van der Waals surface area contributed by atoms with Crippen LogP contribution in [0.2, 0.25) is 5.02 Å². The molecule has 2 aliphatic rings. The van der Waals surface area contributed by atoms with E-state index in [0.717, 1.165) is 36.8 Å². The number of aromatic carboxylic acids is 1. The van der Waals surface area contributed by atoms with Crippen LogP contribution < -0.4 is 9.64 Å². The number of benzene rings is 1. The summed E-state index contributed by atoms with van der Waals surface area (Å²) in [4.78, 5) is 32.2. The van der Waals surface area contributed by atoms with Gasteiger partial charge >= 0.3 is 5.97 Å². The highest BCUT2D eigenvalue weighted by Crippen LogP contribution is 2.35. The van der Waals surface area contributed by atoms with Crippen molar-refractivity contribution in [2.75, 3.05) is 25.2 Å². The predicted molar refractivity (Wildman–Crippen MR) is 148 cm³/mol. The maximum atomic E-state index is 13.9. The van der Waals surface area contributed by atoms with Crippen molar-refractivity contribution in [2.45, 2.75) is 51.5 Å². The number of amides is 1. The zero-order valence-electron chi connectivity index (χ0n) is 22.2. The molecule has 3 aromatic rings. The van der Waals surface area contributed by atoms with Crippen LogP contribution in [0.5, 0.6) is 5.75 Å². The zero-order chi connectivity index (χ0) is 27.5. The normalized spacial score (nSPS) is 20.0. The number of carboxylic acids is 1. The van der Waals surface area contributed by atoms with Crippen LogP contribution in [-0.2, 0) is 9.53 Å². The van der Waals surface area contributed by atoms with E-state index in [2.05, 4.69) is 17.0 Å². The van der Waals surface area contributed by atoms with Gasteiger partial charge in [0.05, 0.1) is 24.0 Å². The number of aromatic nitrogens is 3. The van der Waals surface area contributed by atoms with Gasteiger partial charge in [0.2, 0.25) is 5.91 Å². The Morgan fingerprint density at radius 1 is 1.10 bits per heavy atom. The lowest BCUT2D eigenvalue weighted by Crippen LogP contribution is -2.47. The standard InChI is InChI=1S/C29H33ClN4O5/c1-18-3-5-19(6-4-18)28(35)34(21-9-11-39-12-10-21)27-25(29(36)37)17-33(32-27)22-7-8-24(26(30)14-22)20-13-23(38-2)16-31-15-20/h7-8,13-19,21H,3-6,9-12H2,1-2H3,(H,36,37). The number of carbonyl (C=O) groups is 2. The monoisotopic (exact) mass is 552 g/mol. The van der Waals surface area contributed by atoms with E-state index in [1.165, 1.54) is 10.9 Å². The van der Waals surface area contributed by atoms with Crippen molar-refractivity contribution in [3.8, 4) is 22.6 Å². The third-order valence-electron chi connectivity index (χ3n) is 7.79. The summed E-state index contributed by atoms with van der Waals surface area (Å²) in [5.74, 6) is 0.0702. The van der Waals surface area contributed by atoms with E-state index in [0.29, 0.717) is 48.4 Å². The number of rotatable bonds is 7. The first-order chi connectivity index (χ1) is 18.9. The number of hydrogen-bond acceptors (Lipinski definition) is 6. The number of carbonyl (C=O) groups excluding carboxylic acids is 1. The number of carboxylic acid groups (broad SMARTS) is 1. The van der Waals surface area contributed by atoms with Gasteiger partial charge in [-0.1, -0.05) is 24.6 Å². The topological polar surface area (TPSA) is 107 Å². The molecule has 0 atom stereocenters. The number of ether oxygens (including phenoxy) is 2. The van der Waals surface area contributed by atoms with Crippen LogP contribution >= 0.6 is 11.6 Å². The highest BCUT2D eigenvalue weighted by atomic mass is 35.5. The quantitative estimate of drug-likeness (QED) is 0.404. The van der Waals surface area contributed by atoms with Crippen molar-refractivity contribution >= 4 is 29.3 Å². The van der Waals surface area contributed by atoms with Gasteiger partial charge in [-0.25, -0.2) is 9.48 Å². The highest BCUT2D eigenvalue weighted by Gasteiger charge is 2.37. The van der Waals surface area contributed by atoms with Gasteiger partial charge in [0.25, 0.3) is 0 Å². The largest absolute Gasteiger partial charge is 0.495 e. The second-order valence-electron chi connectivity index (χ2n) is 10.4. The molecule has 0 radical (unpaired) electrons. The van der Waals surface area contributed by atoms with Crippen LogP contribution in [0.1, 0.15) is 55.8 Å². The molecule has 1 aliphatic heterocycles. The Morgan fingerprint density at radius 3 is 2.51 bits per heavy atom. The van der Waals surface area contributed by atoms with Gasteiger partial charge in [-0.15, -0.1) is 5.10 Å². The molecule has 1 aromatic carbocycles. The molecular formula is C29H33ClN4O5. The molecule has 1 saturated heterocycles. The summed E-state index contributed by atoms with van der Waals surface area (Å²) in [5, 5.41) is 15.3. The molecule has 3 heterocycles. The number of pyridine rings is 1. The maximum Gasteiger partial charge on any atom is 0.341 e. The van der Waals surface area contributed by atoms with Crippen LogP contribution in [0.25, 0.3) is 16.8 Å². The highest BCUT2D eigenvalue weighted by molar-refractivity contribution is 6.33. The molecule has 1 amide bonds. The average Bonchev–Trinajstić information content (AvgIpc) is 3.39. The summed E-state index contributed by atoms with van der Waals surface area (Å²) in [7, 11) is 1.57. The van der Waals surface area contributed by atoms with Crippen molar-refractivity contribution in [1.29, 1.82) is 0 Å². The molecule has 0 bridgehead atoms. The van der Waals surface area contributed by atoms with Gasteiger partial charge in [0.1, 0.15) is 11.3 Å². The lowest BCUT2D eigenvalue weighted by Gasteiger charge is -2.37. The molecular weight excluding hydrogens is 520 g/mol. The third kappa shape index (κ3) is 5.79. The van der Waals surface area contributed by atoms with Gasteiger partial charge in [0, 0.05) is 48.7 Å². The van der Waals surface area contributed by atoms with Crippen LogP contribution in [0.4, 0.5) is 5.82 Å². The Bertz CT molecular complexity index is 1350. The Kier molecular flexibility index (Phi) is 8.18. The minimum absolute atomic E-state index is 0.0174. The van der Waals surface area contributed by atoms with Crippen LogP contribution in [0.15, 0.2) is 42.9 Å². The lowest BCUT2D eigenvalue weighted by molar-refractivity contribution is -0.124. The first-order valence-electron chi connectivity index (χ1n) is 13.4. The molecule has 0 unspecified atom stereocenters. The minimum Gasteiger partial charge on any atom is -0.495 e. The van der Waals surface area contributed by atoms with Crippen molar-refractivity contribution in [1.82, 2.24) is 14.8 Å². The Hall–Kier alpha value is -3.43. The van der Waals surface area contributed by atoms with E-state index in [-0.39, 0.29) is 29.2 Å². The molecule has 1 aliphatic carbocycles. The molecule has 1 N–H and O–H groups in total. The SMILES string of the molecule is COc1cncc(-c2ccc(-n3cc(C(=O)O)c(N(C(=O)C4CCC(C)CC4)C4CCOCC4)n3)cc2Cl)c1. The van der Waals surface area contributed by atoms with E-state index in [1.807, 2.05) is 18.2 Å². The number of hydrogen-bond donors (Lipinski definition) is 1. The molecule has 206 valence electrons. The minimum atomic E-state index is -1.14. The zero-order valence-corrected chi connectivity index (χ0v) is 22.9. The summed E-state index contributed by atoms with van der Waals surface area (Å²) in [6.45, 7) is 3.26. The molecule has 39 heavy (non-hydrogen) atoms. The summed E-state index contributed by atoms with van der Waals surface area (Å²) in [6.07, 6.45) is 9.63. The number of halogens is 1. The van der Waals surface area contributed by atoms with Crippen LogP contribution in [0.3, 0.4) is 0 Å². The molecule has 5 rings (SSSR count). The number of anilines is 1. The number of nitrogens with zero attached hydrogens (tertiary/aromatic N) is 4. The van der Waals surface area contributed by atoms with Gasteiger partial charge < -0.3 is 14.6 Å². The fraction of sp³-hybridized carbons (Fsp3) is 0.448. The molecule has 9 nitrogen and oxygen atoms in total. The van der Waals surface area contributed by atoms with Gasteiger partial charge in [-0.3, -0.25) is 14.7 Å². The fourth-order valence-corrected chi connectivity index (χ4v) is 5.77. The first-order valence-corrected chi connectivity index (χ1v) is 13.8. The first kappa shape index (κ1) is 27.1. The Labute approximate surface area is 232 Å². The maximum absolute atomic E-state index is 13.9. The lowest BCUT2D eigenvalue weighted by atomic mass is 9.82. The molecule has 10 heteroatoms. The van der Waals surface area contributed by atoms with E-state index in [1.54, 1.807) is 30.5 Å². The average molecular weight is 553 g/mol. The Balaban J connectivity index is 1.52. The van der Waals surface area contributed by atoms with Crippen molar-refractivity contribution in [3.05, 3.63) is 53.4 Å². The van der Waals surface area contributed by atoms with E-state index in [9.17, 15) is 14.7 Å². The molecule has 1 saturated carbocycles. The third-order valence-corrected chi connectivity index (χ3v) is 8.10.